The van der Waals surface area contributed by atoms with Crippen molar-refractivity contribution in [1.82, 2.24) is 29.9 Å². The maximum absolute atomic E-state index is 8.24. The molecule has 0 unspecified atom stereocenters. The predicted molar refractivity (Wildman–Crippen MR) is 471 cm³/mol. The third-order valence-electron chi connectivity index (χ3n) is 22.8. The molecular formula is C108H68N8. The summed E-state index contributed by atoms with van der Waals surface area (Å²) in [4.78, 5) is 38.4. The van der Waals surface area contributed by atoms with Crippen LogP contribution >= 0.6 is 0 Å². The number of aromatic nitrogens is 6. The van der Waals surface area contributed by atoms with Crippen molar-refractivity contribution in [2.45, 2.75) is 10.8 Å². The van der Waals surface area contributed by atoms with E-state index in [1.165, 1.54) is 44.2 Å². The number of rotatable bonds is 13. The molecule has 0 bridgehead atoms. The molecule has 21 rings (SSSR count). The zero-order valence-electron chi connectivity index (χ0n) is 62.8. The summed E-state index contributed by atoms with van der Waals surface area (Å²) in [5, 5.41) is 4.60. The van der Waals surface area contributed by atoms with Gasteiger partial charge in [-0.3, -0.25) is 0 Å². The van der Waals surface area contributed by atoms with E-state index in [4.69, 9.17) is 43.0 Å². The highest BCUT2D eigenvalue weighted by atomic mass is 15.0. The van der Waals surface area contributed by atoms with Gasteiger partial charge in [0.2, 0.25) is 0 Å². The molecular weight excluding hydrogens is 1410 g/mol. The molecule has 2 aliphatic rings. The van der Waals surface area contributed by atoms with Crippen LogP contribution in [0, 0.1) is 13.1 Å². The standard InChI is InChI=1S/C55H34N4.C53H34N4/c1-56-50-22-12-21-49-51(50)47-35-42(31-32-48(47)55(49,45-17-4-2-5-18-45)46-19-6-3-7-20-46)38-23-27-39(28-24-38)52-57-53(43-29-25-36-13-8-10-15-40(36)33-43)59-54(58-52)44-30-26-37-14-9-11-16-41(37)34-44;1-54-48-27-15-26-47-49(48)45-35-41(32-33-46(45)53(47,43-22-10-4-11-23-43)44-24-12-5-13-25-44)37-28-30-39(31-29-37)51-55-50(38-18-8-3-9-19-38)56-52(57-51)42-21-14-20-40(34-42)36-16-6-2-7-17-36/h2-35H;2-35H. The van der Waals surface area contributed by atoms with Crippen molar-refractivity contribution >= 4 is 32.9 Å². The van der Waals surface area contributed by atoms with E-state index in [-0.39, 0.29) is 0 Å². The first-order chi connectivity index (χ1) is 57.4. The summed E-state index contributed by atoms with van der Waals surface area (Å²) in [7, 11) is 0. The molecule has 0 fully saturated rings. The number of hydrogen-bond donors (Lipinski definition) is 0. The Morgan fingerprint density at radius 1 is 0.181 bits per heavy atom. The molecule has 116 heavy (non-hydrogen) atoms. The summed E-state index contributed by atoms with van der Waals surface area (Å²) in [6, 6.07) is 144. The van der Waals surface area contributed by atoms with Gasteiger partial charge in [0.15, 0.2) is 46.3 Å². The fourth-order valence-electron chi connectivity index (χ4n) is 17.5. The molecule has 8 nitrogen and oxygen atoms in total. The second kappa shape index (κ2) is 29.5. The van der Waals surface area contributed by atoms with Crippen molar-refractivity contribution < 1.29 is 0 Å². The van der Waals surface area contributed by atoms with E-state index in [0.717, 1.165) is 111 Å². The lowest BCUT2D eigenvalue weighted by Crippen LogP contribution is -2.28. The lowest BCUT2D eigenvalue weighted by molar-refractivity contribution is 0.769. The normalized spacial score (nSPS) is 12.4. The van der Waals surface area contributed by atoms with Crippen LogP contribution in [0.2, 0.25) is 0 Å². The van der Waals surface area contributed by atoms with E-state index in [9.17, 15) is 0 Å². The van der Waals surface area contributed by atoms with Gasteiger partial charge >= 0.3 is 0 Å². The maximum atomic E-state index is 8.24. The number of benzene rings is 17. The van der Waals surface area contributed by atoms with Gasteiger partial charge in [-0.1, -0.05) is 382 Å². The van der Waals surface area contributed by atoms with E-state index < -0.39 is 10.8 Å². The van der Waals surface area contributed by atoms with Crippen LogP contribution in [-0.4, -0.2) is 29.9 Å². The summed E-state index contributed by atoms with van der Waals surface area (Å²) in [6.45, 7) is 16.4. The van der Waals surface area contributed by atoms with Crippen LogP contribution < -0.4 is 0 Å². The highest BCUT2D eigenvalue weighted by Gasteiger charge is 2.48. The second-order valence-electron chi connectivity index (χ2n) is 29.3. The van der Waals surface area contributed by atoms with Crippen LogP contribution in [0.3, 0.4) is 0 Å². The van der Waals surface area contributed by atoms with E-state index in [1.807, 2.05) is 60.7 Å². The summed E-state index contributed by atoms with van der Waals surface area (Å²) in [5.41, 5.74) is 25.7. The minimum atomic E-state index is -0.569. The Labute approximate surface area is 673 Å². The lowest BCUT2D eigenvalue weighted by Gasteiger charge is -2.34. The smallest absolute Gasteiger partial charge is 0.195 e. The first kappa shape index (κ1) is 69.5. The Bertz CT molecular complexity index is 6890. The second-order valence-corrected chi connectivity index (χ2v) is 29.3. The van der Waals surface area contributed by atoms with Gasteiger partial charge in [0, 0.05) is 33.4 Å². The van der Waals surface area contributed by atoms with Crippen molar-refractivity contribution in [3.05, 3.63) is 480 Å². The summed E-state index contributed by atoms with van der Waals surface area (Å²) >= 11 is 0. The SMILES string of the molecule is [C-]#[N+]c1cccc2c1-c1cc(-c3ccc(-c4nc(-c5ccc6ccccc6c5)nc(-c5ccc6ccccc6c5)n4)cc3)ccc1C2(c1ccccc1)c1ccccc1.[C-]#[N+]c1cccc2c1-c1cc(-c3ccc(-c4nc(-c5ccccc5)nc(-c5cccc(-c6ccccc6)c5)n4)cc3)ccc1C2(c1ccccc1)c1ccccc1. The average molecular weight is 1480 g/mol. The zero-order chi connectivity index (χ0) is 77.5. The molecule has 540 valence electrons. The Balaban J connectivity index is 0.000000150. The molecule has 2 aromatic heterocycles. The van der Waals surface area contributed by atoms with Crippen LogP contribution in [0.25, 0.3) is 155 Å². The highest BCUT2D eigenvalue weighted by Crippen LogP contribution is 2.61. The molecule has 0 amide bonds. The van der Waals surface area contributed by atoms with E-state index in [1.54, 1.807) is 0 Å². The van der Waals surface area contributed by atoms with Crippen LogP contribution in [0.15, 0.2) is 413 Å². The van der Waals surface area contributed by atoms with Gasteiger partial charge in [-0.05, 0) is 152 Å². The summed E-state index contributed by atoms with van der Waals surface area (Å²) < 4.78 is 0. The molecule has 0 saturated heterocycles. The summed E-state index contributed by atoms with van der Waals surface area (Å²) in [6.07, 6.45) is 0. The minimum absolute atomic E-state index is 0.566. The first-order valence-electron chi connectivity index (χ1n) is 38.9. The van der Waals surface area contributed by atoms with E-state index >= 15 is 0 Å². The Morgan fingerprint density at radius 3 is 0.819 bits per heavy atom. The molecule has 17 aromatic carbocycles. The molecule has 0 spiro atoms. The molecule has 2 aliphatic carbocycles. The molecule has 8 heteroatoms. The molecule has 0 saturated carbocycles. The Hall–Kier alpha value is -15.7. The molecule has 0 atom stereocenters. The van der Waals surface area contributed by atoms with Gasteiger partial charge in [-0.25, -0.2) is 39.6 Å². The fraction of sp³-hybridized carbons (Fsp3) is 0.0185. The third-order valence-corrected chi connectivity index (χ3v) is 22.8. The van der Waals surface area contributed by atoms with Crippen molar-refractivity contribution in [2.75, 3.05) is 0 Å². The first-order valence-corrected chi connectivity index (χ1v) is 38.9. The molecule has 0 aliphatic heterocycles. The van der Waals surface area contributed by atoms with Gasteiger partial charge in [-0.2, -0.15) is 0 Å². The topological polar surface area (TPSA) is 86.1 Å². The van der Waals surface area contributed by atoms with E-state index in [2.05, 4.69) is 362 Å². The minimum Gasteiger partial charge on any atom is -0.238 e. The predicted octanol–water partition coefficient (Wildman–Crippen LogP) is 26.9. The third kappa shape index (κ3) is 12.2. The largest absolute Gasteiger partial charge is 0.238 e. The molecule has 0 N–H and O–H groups in total. The van der Waals surface area contributed by atoms with Crippen molar-refractivity contribution in [2.24, 2.45) is 0 Å². The molecule has 19 aromatic rings. The molecule has 0 radical (unpaired) electrons. The van der Waals surface area contributed by atoms with Crippen molar-refractivity contribution in [1.29, 1.82) is 0 Å². The highest BCUT2D eigenvalue weighted by molar-refractivity contribution is 5.98. The van der Waals surface area contributed by atoms with Gasteiger partial charge in [0.1, 0.15) is 0 Å². The van der Waals surface area contributed by atoms with Gasteiger partial charge in [0.05, 0.1) is 24.0 Å². The monoisotopic (exact) mass is 1480 g/mol. The van der Waals surface area contributed by atoms with Crippen LogP contribution in [0.4, 0.5) is 11.4 Å². The van der Waals surface area contributed by atoms with Gasteiger partial charge in [0.25, 0.3) is 0 Å². The molecule has 2 heterocycles. The van der Waals surface area contributed by atoms with Gasteiger partial charge < -0.3 is 0 Å². The summed E-state index contributed by atoms with van der Waals surface area (Å²) in [5.74, 6) is 3.71. The van der Waals surface area contributed by atoms with Crippen LogP contribution in [-0.2, 0) is 10.8 Å². The van der Waals surface area contributed by atoms with Gasteiger partial charge in [-0.15, -0.1) is 0 Å². The number of hydrogen-bond acceptors (Lipinski definition) is 6. The maximum Gasteiger partial charge on any atom is 0.195 e. The van der Waals surface area contributed by atoms with Crippen molar-refractivity contribution in [3.8, 4) is 124 Å². The Kier molecular flexibility index (Phi) is 17.7. The van der Waals surface area contributed by atoms with E-state index in [0.29, 0.717) is 46.3 Å². The number of nitrogens with zero attached hydrogens (tertiary/aromatic N) is 8. The Morgan fingerprint density at radius 2 is 0.440 bits per heavy atom. The fourth-order valence-corrected chi connectivity index (χ4v) is 17.5. The number of fused-ring (bicyclic) bond motifs is 8. The van der Waals surface area contributed by atoms with Crippen molar-refractivity contribution in [3.63, 3.8) is 0 Å². The average Bonchev–Trinajstić information content (AvgIpc) is 1.54. The van der Waals surface area contributed by atoms with Crippen LogP contribution in [0.1, 0.15) is 44.5 Å². The quantitative estimate of drug-likeness (QED) is 0.107. The van der Waals surface area contributed by atoms with Crippen LogP contribution in [0.5, 0.6) is 0 Å². The zero-order valence-corrected chi connectivity index (χ0v) is 62.8. The lowest BCUT2D eigenvalue weighted by atomic mass is 9.67.